The van der Waals surface area contributed by atoms with Crippen LogP contribution in [0.1, 0.15) is 19.3 Å². The molecule has 0 amide bonds. The van der Waals surface area contributed by atoms with Crippen molar-refractivity contribution in [3.05, 3.63) is 36.9 Å². The van der Waals surface area contributed by atoms with Crippen LogP contribution in [0.25, 0.3) is 11.2 Å². The Labute approximate surface area is 140 Å². The highest BCUT2D eigenvalue weighted by Crippen LogP contribution is 2.19. The first-order chi connectivity index (χ1) is 11.8. The van der Waals surface area contributed by atoms with Gasteiger partial charge in [-0.2, -0.15) is 0 Å². The number of nitrogens with two attached hydrogens (primary N) is 1. The molecule has 0 saturated carbocycles. The second-order valence-corrected chi connectivity index (χ2v) is 5.46. The van der Waals surface area contributed by atoms with Crippen molar-refractivity contribution < 1.29 is 9.47 Å². The smallest absolute Gasteiger partial charge is 0.165 e. The maximum absolute atomic E-state index is 5.79. The molecular weight excluding hydrogens is 306 g/mol. The lowest BCUT2D eigenvalue weighted by Gasteiger charge is -2.08. The molecule has 0 aliphatic carbocycles. The second-order valence-electron chi connectivity index (χ2n) is 5.46. The highest BCUT2D eigenvalue weighted by Gasteiger charge is 2.07. The van der Waals surface area contributed by atoms with Gasteiger partial charge in [0.15, 0.2) is 11.5 Å². The Balaban J connectivity index is 1.41. The molecule has 0 fully saturated rings. The van der Waals surface area contributed by atoms with Gasteiger partial charge in [0.1, 0.15) is 23.3 Å². The van der Waals surface area contributed by atoms with Crippen molar-refractivity contribution in [1.29, 1.82) is 0 Å². The van der Waals surface area contributed by atoms with Crippen LogP contribution >= 0.6 is 0 Å². The monoisotopic (exact) mass is 327 g/mol. The van der Waals surface area contributed by atoms with Gasteiger partial charge in [0, 0.05) is 12.6 Å². The summed E-state index contributed by atoms with van der Waals surface area (Å²) in [5, 5.41) is 0. The molecule has 0 radical (unpaired) electrons. The number of hydrogen-bond acceptors (Lipinski definition) is 6. The van der Waals surface area contributed by atoms with Gasteiger partial charge in [-0.25, -0.2) is 15.0 Å². The Morgan fingerprint density at radius 3 is 2.83 bits per heavy atom. The number of nitrogens with zero attached hydrogens (tertiary/aromatic N) is 4. The van der Waals surface area contributed by atoms with E-state index in [-0.39, 0.29) is 0 Å². The Bertz CT molecular complexity index is 803. The number of hydrogen-bond donors (Lipinski definition) is 1. The number of methoxy groups -OCH3 is 1. The predicted molar refractivity (Wildman–Crippen MR) is 92.1 cm³/mol. The average molecular weight is 327 g/mol. The SMILES string of the molecule is COc1cccc(OCCCCCn2cnc3c(N)ncnc32)c1. The summed E-state index contributed by atoms with van der Waals surface area (Å²) in [6, 6.07) is 7.65. The van der Waals surface area contributed by atoms with Crippen LogP contribution in [-0.4, -0.2) is 33.2 Å². The molecule has 0 atom stereocenters. The third-order valence-electron chi connectivity index (χ3n) is 3.78. The molecule has 2 N–H and O–H groups in total. The summed E-state index contributed by atoms with van der Waals surface area (Å²) in [5.74, 6) is 2.06. The first-order valence-electron chi connectivity index (χ1n) is 7.96. The molecule has 3 aromatic rings. The van der Waals surface area contributed by atoms with Crippen LogP contribution in [0.4, 0.5) is 5.82 Å². The van der Waals surface area contributed by atoms with Gasteiger partial charge in [-0.3, -0.25) is 0 Å². The third kappa shape index (κ3) is 3.73. The van der Waals surface area contributed by atoms with Crippen LogP contribution in [-0.2, 0) is 6.54 Å². The molecule has 0 aliphatic heterocycles. The number of rotatable bonds is 8. The molecule has 0 spiro atoms. The van der Waals surface area contributed by atoms with Crippen LogP contribution in [0.15, 0.2) is 36.9 Å². The average Bonchev–Trinajstić information content (AvgIpc) is 3.03. The van der Waals surface area contributed by atoms with Crippen molar-refractivity contribution in [1.82, 2.24) is 19.5 Å². The standard InChI is InChI=1S/C17H21N5O2/c1-23-13-6-5-7-14(10-13)24-9-4-2-3-8-22-12-21-15-16(18)19-11-20-17(15)22/h5-7,10-12H,2-4,8-9H2,1H3,(H2,18,19,20). The Morgan fingerprint density at radius 2 is 1.96 bits per heavy atom. The zero-order valence-corrected chi connectivity index (χ0v) is 13.7. The lowest BCUT2D eigenvalue weighted by atomic mass is 10.2. The molecular formula is C17H21N5O2. The summed E-state index contributed by atoms with van der Waals surface area (Å²) >= 11 is 0. The molecule has 7 heteroatoms. The quantitative estimate of drug-likeness (QED) is 0.640. The molecule has 24 heavy (non-hydrogen) atoms. The van der Waals surface area contributed by atoms with E-state index in [0.717, 1.165) is 43.0 Å². The lowest BCUT2D eigenvalue weighted by Crippen LogP contribution is -2.01. The van der Waals surface area contributed by atoms with E-state index in [4.69, 9.17) is 15.2 Å². The molecule has 2 heterocycles. The number of aryl methyl sites for hydroxylation is 1. The Hall–Kier alpha value is -2.83. The van der Waals surface area contributed by atoms with E-state index in [1.165, 1.54) is 6.33 Å². The summed E-state index contributed by atoms with van der Waals surface area (Å²) in [5.41, 5.74) is 7.24. The van der Waals surface area contributed by atoms with Crippen molar-refractivity contribution in [3.63, 3.8) is 0 Å². The molecule has 0 saturated heterocycles. The van der Waals surface area contributed by atoms with Gasteiger partial charge in [-0.15, -0.1) is 0 Å². The maximum Gasteiger partial charge on any atom is 0.165 e. The highest BCUT2D eigenvalue weighted by atomic mass is 16.5. The first kappa shape index (κ1) is 16.0. The summed E-state index contributed by atoms with van der Waals surface area (Å²) in [4.78, 5) is 12.5. The Morgan fingerprint density at radius 1 is 1.08 bits per heavy atom. The summed E-state index contributed by atoms with van der Waals surface area (Å²) in [7, 11) is 1.65. The van der Waals surface area contributed by atoms with Crippen LogP contribution < -0.4 is 15.2 Å². The fourth-order valence-electron chi connectivity index (χ4n) is 2.50. The molecule has 1 aromatic carbocycles. The molecule has 7 nitrogen and oxygen atoms in total. The molecule has 3 rings (SSSR count). The number of aromatic nitrogens is 4. The number of imidazole rings is 1. The maximum atomic E-state index is 5.79. The van der Waals surface area contributed by atoms with Crippen molar-refractivity contribution in [3.8, 4) is 11.5 Å². The third-order valence-corrected chi connectivity index (χ3v) is 3.78. The van der Waals surface area contributed by atoms with E-state index in [1.807, 2.05) is 28.8 Å². The number of benzene rings is 1. The molecule has 2 aromatic heterocycles. The van der Waals surface area contributed by atoms with E-state index < -0.39 is 0 Å². The van der Waals surface area contributed by atoms with Gasteiger partial charge in [-0.05, 0) is 31.4 Å². The predicted octanol–water partition coefficient (Wildman–Crippen LogP) is 2.67. The summed E-state index contributed by atoms with van der Waals surface area (Å²) < 4.78 is 12.9. The second kappa shape index (κ2) is 7.63. The van der Waals surface area contributed by atoms with Gasteiger partial charge in [0.2, 0.25) is 0 Å². The zero-order valence-electron chi connectivity index (χ0n) is 13.7. The minimum absolute atomic E-state index is 0.422. The lowest BCUT2D eigenvalue weighted by molar-refractivity contribution is 0.301. The van der Waals surface area contributed by atoms with E-state index in [1.54, 1.807) is 13.4 Å². The van der Waals surface area contributed by atoms with E-state index in [0.29, 0.717) is 17.9 Å². The fraction of sp³-hybridized carbons (Fsp3) is 0.353. The highest BCUT2D eigenvalue weighted by molar-refractivity contribution is 5.80. The van der Waals surface area contributed by atoms with Gasteiger partial charge >= 0.3 is 0 Å². The number of fused-ring (bicyclic) bond motifs is 1. The van der Waals surface area contributed by atoms with E-state index in [9.17, 15) is 0 Å². The number of unbranched alkanes of at least 4 members (excludes halogenated alkanes) is 2. The van der Waals surface area contributed by atoms with Crippen LogP contribution in [0.5, 0.6) is 11.5 Å². The molecule has 126 valence electrons. The normalized spacial score (nSPS) is 10.9. The molecule has 0 bridgehead atoms. The largest absolute Gasteiger partial charge is 0.497 e. The van der Waals surface area contributed by atoms with Crippen molar-refractivity contribution >= 4 is 17.0 Å². The number of nitrogen functional groups attached to an aromatic ring is 1. The van der Waals surface area contributed by atoms with Gasteiger partial charge < -0.3 is 19.8 Å². The first-order valence-corrected chi connectivity index (χ1v) is 7.96. The van der Waals surface area contributed by atoms with E-state index >= 15 is 0 Å². The van der Waals surface area contributed by atoms with Gasteiger partial charge in [-0.1, -0.05) is 6.07 Å². The zero-order chi connectivity index (χ0) is 16.8. The fourth-order valence-corrected chi connectivity index (χ4v) is 2.50. The minimum Gasteiger partial charge on any atom is -0.497 e. The summed E-state index contributed by atoms with van der Waals surface area (Å²) in [6.45, 7) is 1.54. The number of ether oxygens (including phenoxy) is 2. The van der Waals surface area contributed by atoms with Crippen molar-refractivity contribution in [2.75, 3.05) is 19.5 Å². The van der Waals surface area contributed by atoms with E-state index in [2.05, 4.69) is 15.0 Å². The topological polar surface area (TPSA) is 88.1 Å². The van der Waals surface area contributed by atoms with Crippen molar-refractivity contribution in [2.24, 2.45) is 0 Å². The number of anilines is 1. The summed E-state index contributed by atoms with van der Waals surface area (Å²) in [6.07, 6.45) is 6.31. The van der Waals surface area contributed by atoms with Gasteiger partial charge in [0.25, 0.3) is 0 Å². The molecule has 0 unspecified atom stereocenters. The van der Waals surface area contributed by atoms with Crippen LogP contribution in [0.2, 0.25) is 0 Å². The molecule has 0 aliphatic rings. The minimum atomic E-state index is 0.422. The Kier molecular flexibility index (Phi) is 5.10. The van der Waals surface area contributed by atoms with Gasteiger partial charge in [0.05, 0.1) is 20.0 Å². The van der Waals surface area contributed by atoms with Crippen LogP contribution in [0.3, 0.4) is 0 Å². The van der Waals surface area contributed by atoms with Crippen LogP contribution in [0, 0.1) is 0 Å². The van der Waals surface area contributed by atoms with Crippen molar-refractivity contribution in [2.45, 2.75) is 25.8 Å².